The van der Waals surface area contributed by atoms with E-state index in [-0.39, 0.29) is 42.6 Å². The van der Waals surface area contributed by atoms with Crippen molar-refractivity contribution < 1.29 is 18.7 Å². The fourth-order valence-corrected chi connectivity index (χ4v) is 5.15. The van der Waals surface area contributed by atoms with Crippen LogP contribution in [0.5, 0.6) is 5.75 Å². The number of thiophene rings is 1. The molecule has 0 N–H and O–H groups in total. The molecule has 2 heterocycles. The Bertz CT molecular complexity index is 1160. The van der Waals surface area contributed by atoms with E-state index in [4.69, 9.17) is 16.3 Å². The summed E-state index contributed by atoms with van der Waals surface area (Å²) >= 11 is 7.65. The molecule has 8 heteroatoms. The monoisotopic (exact) mass is 500 g/mol. The summed E-state index contributed by atoms with van der Waals surface area (Å²) in [6.45, 7) is 4.43. The van der Waals surface area contributed by atoms with Gasteiger partial charge < -0.3 is 14.5 Å². The Morgan fingerprint density at radius 1 is 1.21 bits per heavy atom. The van der Waals surface area contributed by atoms with Crippen LogP contribution in [0.1, 0.15) is 40.7 Å². The van der Waals surface area contributed by atoms with Gasteiger partial charge in [0.1, 0.15) is 24.7 Å². The lowest BCUT2D eigenvalue weighted by molar-refractivity contribution is -0.136. The number of fused-ring (bicyclic) bond motifs is 1. The number of amides is 2. The first kappa shape index (κ1) is 24.2. The van der Waals surface area contributed by atoms with Crippen molar-refractivity contribution in [2.45, 2.75) is 32.4 Å². The van der Waals surface area contributed by atoms with E-state index in [2.05, 4.69) is 0 Å². The molecule has 4 rings (SSSR count). The highest BCUT2D eigenvalue weighted by Gasteiger charge is 2.34. The summed E-state index contributed by atoms with van der Waals surface area (Å²) in [5, 5.41) is 2.65. The number of hydrogen-bond acceptors (Lipinski definition) is 4. The Hall–Kier alpha value is -2.90. The second-order valence-corrected chi connectivity index (χ2v) is 9.89. The fourth-order valence-electron chi connectivity index (χ4n) is 4.09. The molecule has 0 unspecified atom stereocenters. The average molecular weight is 501 g/mol. The van der Waals surface area contributed by atoms with Gasteiger partial charge in [-0.05, 0) is 79.7 Å². The molecule has 0 radical (unpaired) electrons. The minimum atomic E-state index is -0.485. The standard InChI is InChI=1S/C26H26ClFN2O3S/c1-17(2)30(26(32)18-4-3-5-20(28)14-18)15-25(31)29-12-10-24-22(11-13-34-24)23(29)16-33-21-8-6-19(27)7-9-21/h3-9,11,13-14,17,23H,10,12,15-16H2,1-2H3/t23-/m1/s1. The van der Waals surface area contributed by atoms with Crippen LogP contribution in [0.25, 0.3) is 0 Å². The van der Waals surface area contributed by atoms with E-state index in [0.29, 0.717) is 17.3 Å². The van der Waals surface area contributed by atoms with Crippen molar-refractivity contribution in [2.75, 3.05) is 19.7 Å². The van der Waals surface area contributed by atoms with Gasteiger partial charge in [-0.2, -0.15) is 0 Å². The highest BCUT2D eigenvalue weighted by molar-refractivity contribution is 7.10. The van der Waals surface area contributed by atoms with E-state index in [0.717, 1.165) is 12.0 Å². The summed E-state index contributed by atoms with van der Waals surface area (Å²) in [5.41, 5.74) is 1.30. The van der Waals surface area contributed by atoms with Gasteiger partial charge in [0, 0.05) is 28.0 Å². The second-order valence-electron chi connectivity index (χ2n) is 8.45. The summed E-state index contributed by atoms with van der Waals surface area (Å²) in [7, 11) is 0. The van der Waals surface area contributed by atoms with Gasteiger partial charge in [-0.3, -0.25) is 9.59 Å². The lowest BCUT2D eigenvalue weighted by atomic mass is 10.00. The molecule has 1 aliphatic heterocycles. The molecule has 0 saturated carbocycles. The van der Waals surface area contributed by atoms with Crippen molar-refractivity contribution in [3.8, 4) is 5.75 Å². The van der Waals surface area contributed by atoms with E-state index < -0.39 is 5.82 Å². The molecule has 178 valence electrons. The van der Waals surface area contributed by atoms with Crippen molar-refractivity contribution >= 4 is 34.8 Å². The van der Waals surface area contributed by atoms with Gasteiger partial charge >= 0.3 is 0 Å². The van der Waals surface area contributed by atoms with Gasteiger partial charge in [-0.25, -0.2) is 4.39 Å². The fraction of sp³-hybridized carbons (Fsp3) is 0.308. The highest BCUT2D eigenvalue weighted by atomic mass is 35.5. The van der Waals surface area contributed by atoms with Crippen molar-refractivity contribution in [3.05, 3.63) is 86.8 Å². The van der Waals surface area contributed by atoms with Gasteiger partial charge in [-0.15, -0.1) is 11.3 Å². The van der Waals surface area contributed by atoms with Gasteiger partial charge in [0.2, 0.25) is 5.91 Å². The third kappa shape index (κ3) is 5.42. The maximum absolute atomic E-state index is 13.7. The third-order valence-electron chi connectivity index (χ3n) is 5.90. The highest BCUT2D eigenvalue weighted by Crippen LogP contribution is 2.34. The molecule has 1 aliphatic rings. The number of carbonyl (C=O) groups is 2. The molecule has 5 nitrogen and oxygen atoms in total. The first-order valence-electron chi connectivity index (χ1n) is 11.1. The van der Waals surface area contributed by atoms with E-state index in [9.17, 15) is 14.0 Å². The molecule has 0 aliphatic carbocycles. The average Bonchev–Trinajstić information content (AvgIpc) is 3.30. The predicted octanol–water partition coefficient (Wildman–Crippen LogP) is 5.60. The number of rotatable bonds is 7. The Kier molecular flexibility index (Phi) is 7.54. The van der Waals surface area contributed by atoms with Crippen LogP contribution in [0.15, 0.2) is 60.0 Å². The van der Waals surface area contributed by atoms with E-state index in [1.54, 1.807) is 46.6 Å². The molecule has 1 aromatic heterocycles. The first-order chi connectivity index (χ1) is 16.3. The zero-order valence-electron chi connectivity index (χ0n) is 19.0. The van der Waals surface area contributed by atoms with E-state index in [1.165, 1.54) is 28.0 Å². The smallest absolute Gasteiger partial charge is 0.254 e. The third-order valence-corrected chi connectivity index (χ3v) is 7.15. The van der Waals surface area contributed by atoms with Crippen LogP contribution in [0.2, 0.25) is 5.02 Å². The Morgan fingerprint density at radius 2 is 1.97 bits per heavy atom. The minimum absolute atomic E-state index is 0.0933. The molecular formula is C26H26ClFN2O3S. The quantitative estimate of drug-likeness (QED) is 0.424. The SMILES string of the molecule is CC(C)N(CC(=O)N1CCc2sccc2[C@H]1COc1ccc(Cl)cc1)C(=O)c1cccc(F)c1. The maximum atomic E-state index is 13.7. The lowest BCUT2D eigenvalue weighted by Gasteiger charge is -2.37. The summed E-state index contributed by atoms with van der Waals surface area (Å²) in [5.74, 6) is -0.351. The Labute approximate surface area is 207 Å². The number of carbonyl (C=O) groups excluding carboxylic acids is 2. The number of nitrogens with zero attached hydrogens (tertiary/aromatic N) is 2. The number of benzene rings is 2. The largest absolute Gasteiger partial charge is 0.491 e. The molecular weight excluding hydrogens is 475 g/mol. The number of halogens is 2. The minimum Gasteiger partial charge on any atom is -0.491 e. The maximum Gasteiger partial charge on any atom is 0.254 e. The molecule has 0 bridgehead atoms. The summed E-state index contributed by atoms with van der Waals surface area (Å²) in [6, 6.07) is 14.2. The molecule has 3 aromatic rings. The van der Waals surface area contributed by atoms with Crippen LogP contribution in [0.4, 0.5) is 4.39 Å². The number of hydrogen-bond donors (Lipinski definition) is 0. The molecule has 0 spiro atoms. The van der Waals surface area contributed by atoms with Crippen LogP contribution in [-0.2, 0) is 11.2 Å². The zero-order chi connectivity index (χ0) is 24.2. The van der Waals surface area contributed by atoms with Crippen LogP contribution < -0.4 is 4.74 Å². The predicted molar refractivity (Wildman–Crippen MR) is 132 cm³/mol. The molecule has 34 heavy (non-hydrogen) atoms. The molecule has 2 amide bonds. The number of ether oxygens (including phenoxy) is 1. The first-order valence-corrected chi connectivity index (χ1v) is 12.4. The van der Waals surface area contributed by atoms with Crippen LogP contribution in [-0.4, -0.2) is 47.4 Å². The summed E-state index contributed by atoms with van der Waals surface area (Å²) < 4.78 is 19.7. The van der Waals surface area contributed by atoms with Crippen LogP contribution >= 0.6 is 22.9 Å². The van der Waals surface area contributed by atoms with Gasteiger partial charge in [0.05, 0.1) is 6.04 Å². The van der Waals surface area contributed by atoms with Crippen molar-refractivity contribution in [3.63, 3.8) is 0 Å². The van der Waals surface area contributed by atoms with Gasteiger partial charge in [0.15, 0.2) is 0 Å². The van der Waals surface area contributed by atoms with E-state index >= 15 is 0 Å². The van der Waals surface area contributed by atoms with Crippen LogP contribution in [0, 0.1) is 5.82 Å². The normalized spacial score (nSPS) is 15.2. The Balaban J connectivity index is 1.53. The summed E-state index contributed by atoms with van der Waals surface area (Å²) in [4.78, 5) is 31.1. The van der Waals surface area contributed by atoms with Crippen molar-refractivity contribution in [1.82, 2.24) is 9.80 Å². The molecule has 0 saturated heterocycles. The van der Waals surface area contributed by atoms with Crippen molar-refractivity contribution in [1.29, 1.82) is 0 Å². The van der Waals surface area contributed by atoms with Gasteiger partial charge in [-0.1, -0.05) is 17.7 Å². The summed E-state index contributed by atoms with van der Waals surface area (Å²) in [6.07, 6.45) is 0.760. The topological polar surface area (TPSA) is 49.9 Å². The lowest BCUT2D eigenvalue weighted by Crippen LogP contribution is -2.49. The van der Waals surface area contributed by atoms with Crippen LogP contribution in [0.3, 0.4) is 0 Å². The van der Waals surface area contributed by atoms with Gasteiger partial charge in [0.25, 0.3) is 5.91 Å². The van der Waals surface area contributed by atoms with Crippen molar-refractivity contribution in [2.24, 2.45) is 0 Å². The second kappa shape index (κ2) is 10.6. The molecule has 1 atom stereocenters. The van der Waals surface area contributed by atoms with E-state index in [1.807, 2.05) is 25.3 Å². The zero-order valence-corrected chi connectivity index (χ0v) is 20.6. The molecule has 2 aromatic carbocycles. The molecule has 0 fully saturated rings. The Morgan fingerprint density at radius 3 is 2.68 bits per heavy atom.